The molecule has 0 N–H and O–H groups in total. The zero-order valence-electron chi connectivity index (χ0n) is 10.8. The Kier molecular flexibility index (Phi) is 8.05. The zero-order valence-corrected chi connectivity index (χ0v) is 10.8. The lowest BCUT2D eigenvalue weighted by Crippen LogP contribution is -2.05. The molecule has 90 valence electrons. The zero-order chi connectivity index (χ0) is 10.8. The van der Waals surface area contributed by atoms with Crippen LogP contribution in [0.2, 0.25) is 0 Å². The van der Waals surface area contributed by atoms with Crippen LogP contribution in [0.4, 0.5) is 0 Å². The van der Waals surface area contributed by atoms with Crippen molar-refractivity contribution in [2.45, 2.75) is 90.4 Å². The second-order valence-corrected chi connectivity index (χ2v) is 5.41. The molecular formula is C15H30. The molecule has 1 saturated carbocycles. The van der Waals surface area contributed by atoms with Crippen LogP contribution >= 0.6 is 0 Å². The monoisotopic (exact) mass is 210 g/mol. The Hall–Kier alpha value is 0. The van der Waals surface area contributed by atoms with E-state index in [9.17, 15) is 0 Å². The Morgan fingerprint density at radius 2 is 1.33 bits per heavy atom. The summed E-state index contributed by atoms with van der Waals surface area (Å²) in [6.45, 7) is 2.29. The summed E-state index contributed by atoms with van der Waals surface area (Å²) in [7, 11) is 0. The summed E-state index contributed by atoms with van der Waals surface area (Å²) in [6, 6.07) is 0. The molecule has 1 rings (SSSR count). The molecule has 0 aromatic heterocycles. The summed E-state index contributed by atoms with van der Waals surface area (Å²) in [5, 5.41) is 0. The van der Waals surface area contributed by atoms with Crippen LogP contribution in [-0.4, -0.2) is 0 Å². The minimum Gasteiger partial charge on any atom is -0.0654 e. The quantitative estimate of drug-likeness (QED) is 0.450. The Labute approximate surface area is 96.8 Å². The van der Waals surface area contributed by atoms with Crippen molar-refractivity contribution < 1.29 is 0 Å². The Balaban J connectivity index is 1.79. The molecule has 15 heavy (non-hydrogen) atoms. The van der Waals surface area contributed by atoms with Crippen molar-refractivity contribution in [1.29, 1.82) is 0 Å². The molecule has 0 radical (unpaired) electrons. The lowest BCUT2D eigenvalue weighted by Gasteiger charge is -2.21. The highest BCUT2D eigenvalue weighted by molar-refractivity contribution is 4.65. The van der Waals surface area contributed by atoms with Gasteiger partial charge in [-0.05, 0) is 5.92 Å². The maximum absolute atomic E-state index is 2.29. The van der Waals surface area contributed by atoms with E-state index in [-0.39, 0.29) is 0 Å². The first-order valence-corrected chi connectivity index (χ1v) is 7.43. The lowest BCUT2D eigenvalue weighted by atomic mass is 9.85. The van der Waals surface area contributed by atoms with Gasteiger partial charge in [0.25, 0.3) is 0 Å². The van der Waals surface area contributed by atoms with Gasteiger partial charge in [-0.2, -0.15) is 0 Å². The predicted octanol–water partition coefficient (Wildman–Crippen LogP) is 5.71. The van der Waals surface area contributed by atoms with Gasteiger partial charge in [0, 0.05) is 0 Å². The normalized spacial score (nSPS) is 18.2. The average Bonchev–Trinajstić information content (AvgIpc) is 2.29. The van der Waals surface area contributed by atoms with Crippen LogP contribution in [0.1, 0.15) is 90.4 Å². The fraction of sp³-hybridized carbons (Fsp3) is 1.00. The van der Waals surface area contributed by atoms with Gasteiger partial charge in [0.1, 0.15) is 0 Å². The number of unbranched alkanes of at least 4 members (excludes halogenated alkanes) is 6. The Morgan fingerprint density at radius 3 is 2.00 bits per heavy atom. The first-order chi connectivity index (χ1) is 7.43. The minimum absolute atomic E-state index is 1.11. The van der Waals surface area contributed by atoms with Crippen molar-refractivity contribution in [3.8, 4) is 0 Å². The Morgan fingerprint density at radius 1 is 0.733 bits per heavy atom. The predicted molar refractivity (Wildman–Crippen MR) is 69.2 cm³/mol. The first kappa shape index (κ1) is 13.1. The largest absolute Gasteiger partial charge is 0.0654 e. The van der Waals surface area contributed by atoms with Gasteiger partial charge in [0.15, 0.2) is 0 Å². The van der Waals surface area contributed by atoms with Crippen molar-refractivity contribution in [2.24, 2.45) is 5.92 Å². The summed E-state index contributed by atoms with van der Waals surface area (Å²) in [5.41, 5.74) is 0. The molecule has 0 aromatic rings. The van der Waals surface area contributed by atoms with Crippen molar-refractivity contribution in [3.63, 3.8) is 0 Å². The van der Waals surface area contributed by atoms with Gasteiger partial charge in [-0.25, -0.2) is 0 Å². The van der Waals surface area contributed by atoms with Gasteiger partial charge in [0.2, 0.25) is 0 Å². The van der Waals surface area contributed by atoms with Crippen molar-refractivity contribution >= 4 is 0 Å². The molecule has 0 aliphatic heterocycles. The highest BCUT2D eigenvalue weighted by Gasteiger charge is 2.12. The van der Waals surface area contributed by atoms with E-state index in [1.807, 2.05) is 0 Å². The second-order valence-electron chi connectivity index (χ2n) is 5.41. The molecule has 0 nitrogen and oxygen atoms in total. The molecule has 0 heteroatoms. The van der Waals surface area contributed by atoms with Gasteiger partial charge in [-0.3, -0.25) is 0 Å². The fourth-order valence-corrected chi connectivity index (χ4v) is 2.87. The number of hydrogen-bond acceptors (Lipinski definition) is 0. The van der Waals surface area contributed by atoms with Crippen LogP contribution in [0.15, 0.2) is 0 Å². The van der Waals surface area contributed by atoms with E-state index in [1.165, 1.54) is 83.5 Å². The third kappa shape index (κ3) is 6.98. The Bertz CT molecular complexity index is 122. The highest BCUT2D eigenvalue weighted by Crippen LogP contribution is 2.28. The highest BCUT2D eigenvalue weighted by atomic mass is 14.2. The standard InChI is InChI=1S/C15H30/c1-2-3-4-5-6-7-9-12-15-13-10-8-11-14-15/h15H,2-14H2,1H3. The number of rotatable bonds is 8. The summed E-state index contributed by atoms with van der Waals surface area (Å²) in [6.07, 6.45) is 19.4. The molecule has 0 atom stereocenters. The van der Waals surface area contributed by atoms with E-state index in [2.05, 4.69) is 6.92 Å². The first-order valence-electron chi connectivity index (χ1n) is 7.43. The van der Waals surface area contributed by atoms with Gasteiger partial charge >= 0.3 is 0 Å². The molecule has 0 aromatic carbocycles. The van der Waals surface area contributed by atoms with E-state index >= 15 is 0 Å². The van der Waals surface area contributed by atoms with Crippen molar-refractivity contribution in [1.82, 2.24) is 0 Å². The minimum atomic E-state index is 1.11. The summed E-state index contributed by atoms with van der Waals surface area (Å²) in [5.74, 6) is 1.11. The third-order valence-corrected chi connectivity index (χ3v) is 3.94. The third-order valence-electron chi connectivity index (χ3n) is 3.94. The van der Waals surface area contributed by atoms with Crippen LogP contribution in [0, 0.1) is 5.92 Å². The summed E-state index contributed by atoms with van der Waals surface area (Å²) in [4.78, 5) is 0. The van der Waals surface area contributed by atoms with Crippen molar-refractivity contribution in [2.75, 3.05) is 0 Å². The van der Waals surface area contributed by atoms with Crippen LogP contribution in [0.3, 0.4) is 0 Å². The van der Waals surface area contributed by atoms with E-state index in [0.717, 1.165) is 5.92 Å². The van der Waals surface area contributed by atoms with E-state index in [1.54, 1.807) is 0 Å². The smallest absolute Gasteiger partial charge is 0.0414 e. The van der Waals surface area contributed by atoms with E-state index in [0.29, 0.717) is 0 Å². The van der Waals surface area contributed by atoms with E-state index in [4.69, 9.17) is 0 Å². The van der Waals surface area contributed by atoms with E-state index < -0.39 is 0 Å². The van der Waals surface area contributed by atoms with Gasteiger partial charge in [-0.15, -0.1) is 0 Å². The topological polar surface area (TPSA) is 0 Å². The molecular weight excluding hydrogens is 180 g/mol. The molecule has 0 heterocycles. The molecule has 0 bridgehead atoms. The maximum Gasteiger partial charge on any atom is -0.0414 e. The van der Waals surface area contributed by atoms with Crippen LogP contribution < -0.4 is 0 Å². The van der Waals surface area contributed by atoms with Gasteiger partial charge in [0.05, 0.1) is 0 Å². The fourth-order valence-electron chi connectivity index (χ4n) is 2.87. The molecule has 0 spiro atoms. The average molecular weight is 210 g/mol. The van der Waals surface area contributed by atoms with Gasteiger partial charge in [-0.1, -0.05) is 90.4 Å². The second kappa shape index (κ2) is 9.24. The van der Waals surface area contributed by atoms with Crippen LogP contribution in [0.5, 0.6) is 0 Å². The molecule has 0 saturated heterocycles. The molecule has 1 aliphatic carbocycles. The molecule has 0 amide bonds. The van der Waals surface area contributed by atoms with Crippen LogP contribution in [0.25, 0.3) is 0 Å². The maximum atomic E-state index is 2.29. The summed E-state index contributed by atoms with van der Waals surface area (Å²) < 4.78 is 0. The number of hydrogen-bond donors (Lipinski definition) is 0. The van der Waals surface area contributed by atoms with Crippen molar-refractivity contribution in [3.05, 3.63) is 0 Å². The molecule has 0 unspecified atom stereocenters. The van der Waals surface area contributed by atoms with Crippen LogP contribution in [-0.2, 0) is 0 Å². The lowest BCUT2D eigenvalue weighted by molar-refractivity contribution is 0.328. The van der Waals surface area contributed by atoms with Gasteiger partial charge < -0.3 is 0 Å². The SMILES string of the molecule is CCCCCCCCCC1CCCCC1. The molecule has 1 aliphatic rings. The summed E-state index contributed by atoms with van der Waals surface area (Å²) >= 11 is 0. The molecule has 1 fully saturated rings.